The molecule has 0 amide bonds. The highest BCUT2D eigenvalue weighted by Crippen LogP contribution is 2.25. The number of carbonyl (C=O) groups excluding carboxylic acids is 1. The van der Waals surface area contributed by atoms with E-state index in [-0.39, 0.29) is 13.0 Å². The molecule has 1 rings (SSSR count). The van der Waals surface area contributed by atoms with Crippen LogP contribution >= 0.6 is 0 Å². The van der Waals surface area contributed by atoms with Gasteiger partial charge in [-0.2, -0.15) is 13.2 Å². The van der Waals surface area contributed by atoms with Gasteiger partial charge < -0.3 is 9.47 Å². The zero-order chi connectivity index (χ0) is 14.3. The molecular formula is C13H15F3O3. The molecule has 1 aromatic rings. The van der Waals surface area contributed by atoms with E-state index in [1.165, 1.54) is 0 Å². The third-order valence-corrected chi connectivity index (χ3v) is 2.34. The molecule has 0 N–H and O–H groups in total. The number of alkyl halides is 3. The summed E-state index contributed by atoms with van der Waals surface area (Å²) in [6.45, 7) is 0.978. The average molecular weight is 276 g/mol. The second kappa shape index (κ2) is 7.13. The van der Waals surface area contributed by atoms with Gasteiger partial charge in [0.1, 0.15) is 6.61 Å². The molecule has 3 nitrogen and oxygen atoms in total. The highest BCUT2D eigenvalue weighted by atomic mass is 19.4. The van der Waals surface area contributed by atoms with Gasteiger partial charge in [0, 0.05) is 6.42 Å². The maximum Gasteiger partial charge on any atom is 0.414 e. The molecule has 0 aliphatic rings. The van der Waals surface area contributed by atoms with Gasteiger partial charge in [-0.3, -0.25) is 0 Å². The van der Waals surface area contributed by atoms with Crippen LogP contribution in [0.3, 0.4) is 0 Å². The van der Waals surface area contributed by atoms with Crippen molar-refractivity contribution in [2.24, 2.45) is 0 Å². The van der Waals surface area contributed by atoms with E-state index in [0.717, 1.165) is 0 Å². The number of rotatable bonds is 6. The standard InChI is InChI=1S/C13H15F3O3/c1-2-18-12(17)9-19-11(13(14,15)16)8-10-6-4-3-5-7-10/h3-7,11H,2,8-9H2,1H3. The van der Waals surface area contributed by atoms with Crippen molar-refractivity contribution >= 4 is 5.97 Å². The normalized spacial score (nSPS) is 13.1. The smallest absolute Gasteiger partial charge is 0.414 e. The van der Waals surface area contributed by atoms with Gasteiger partial charge >= 0.3 is 12.1 Å². The molecule has 1 atom stereocenters. The average Bonchev–Trinajstić information content (AvgIpc) is 2.34. The largest absolute Gasteiger partial charge is 0.464 e. The van der Waals surface area contributed by atoms with Gasteiger partial charge in [0.15, 0.2) is 6.10 Å². The first-order valence-electron chi connectivity index (χ1n) is 5.81. The summed E-state index contributed by atoms with van der Waals surface area (Å²) in [7, 11) is 0. The Kier molecular flexibility index (Phi) is 5.82. The Morgan fingerprint density at radius 1 is 1.26 bits per heavy atom. The Morgan fingerprint density at radius 2 is 1.89 bits per heavy atom. The van der Waals surface area contributed by atoms with Gasteiger partial charge in [0.2, 0.25) is 0 Å². The van der Waals surface area contributed by atoms with Crippen LogP contribution in [-0.2, 0) is 20.7 Å². The molecule has 0 aliphatic heterocycles. The minimum absolute atomic E-state index is 0.109. The highest BCUT2D eigenvalue weighted by molar-refractivity contribution is 5.70. The van der Waals surface area contributed by atoms with Crippen molar-refractivity contribution in [3.63, 3.8) is 0 Å². The van der Waals surface area contributed by atoms with Crippen molar-refractivity contribution in [1.29, 1.82) is 0 Å². The van der Waals surface area contributed by atoms with E-state index < -0.39 is 24.9 Å². The van der Waals surface area contributed by atoms with E-state index in [0.29, 0.717) is 5.56 Å². The minimum atomic E-state index is -4.53. The summed E-state index contributed by atoms with van der Waals surface area (Å²) in [5.74, 6) is -0.801. The number of esters is 1. The first-order chi connectivity index (χ1) is 8.93. The second-order valence-electron chi connectivity index (χ2n) is 3.84. The second-order valence-corrected chi connectivity index (χ2v) is 3.84. The highest BCUT2D eigenvalue weighted by Gasteiger charge is 2.41. The fourth-order valence-corrected chi connectivity index (χ4v) is 1.47. The van der Waals surface area contributed by atoms with Gasteiger partial charge in [-0.05, 0) is 12.5 Å². The number of carbonyl (C=O) groups is 1. The van der Waals surface area contributed by atoms with Crippen LogP contribution in [0.15, 0.2) is 30.3 Å². The maximum absolute atomic E-state index is 12.8. The zero-order valence-electron chi connectivity index (χ0n) is 10.4. The quantitative estimate of drug-likeness (QED) is 0.749. The van der Waals surface area contributed by atoms with Gasteiger partial charge in [-0.25, -0.2) is 4.79 Å². The Hall–Kier alpha value is -1.56. The summed E-state index contributed by atoms with van der Waals surface area (Å²) in [5, 5.41) is 0. The minimum Gasteiger partial charge on any atom is -0.464 e. The summed E-state index contributed by atoms with van der Waals surface area (Å²) in [5.41, 5.74) is 0.494. The first-order valence-corrected chi connectivity index (χ1v) is 5.81. The number of ether oxygens (including phenoxy) is 2. The van der Waals surface area contributed by atoms with Crippen molar-refractivity contribution in [3.05, 3.63) is 35.9 Å². The van der Waals surface area contributed by atoms with Gasteiger partial charge in [0.05, 0.1) is 6.61 Å². The van der Waals surface area contributed by atoms with Crippen LogP contribution in [0.5, 0.6) is 0 Å². The molecule has 0 heterocycles. The van der Waals surface area contributed by atoms with Crippen molar-refractivity contribution in [3.8, 4) is 0 Å². The van der Waals surface area contributed by atoms with E-state index in [9.17, 15) is 18.0 Å². The summed E-state index contributed by atoms with van der Waals surface area (Å²) < 4.78 is 47.4. The number of benzene rings is 1. The molecule has 0 aliphatic carbocycles. The topological polar surface area (TPSA) is 35.5 Å². The molecule has 0 bridgehead atoms. The number of halogens is 3. The fraction of sp³-hybridized carbons (Fsp3) is 0.462. The molecule has 106 valence electrons. The van der Waals surface area contributed by atoms with Crippen LogP contribution in [-0.4, -0.2) is 31.5 Å². The van der Waals surface area contributed by atoms with E-state index in [1.54, 1.807) is 37.3 Å². The summed E-state index contributed by atoms with van der Waals surface area (Å²) in [6.07, 6.45) is -6.87. The van der Waals surface area contributed by atoms with E-state index in [1.807, 2.05) is 0 Å². The third kappa shape index (κ3) is 5.74. The predicted molar refractivity (Wildman–Crippen MR) is 62.6 cm³/mol. The SMILES string of the molecule is CCOC(=O)COC(Cc1ccccc1)C(F)(F)F. The molecule has 0 spiro atoms. The fourth-order valence-electron chi connectivity index (χ4n) is 1.47. The Morgan fingerprint density at radius 3 is 2.42 bits per heavy atom. The Labute approximate surface area is 109 Å². The zero-order valence-corrected chi connectivity index (χ0v) is 10.4. The summed E-state index contributed by atoms with van der Waals surface area (Å²) >= 11 is 0. The first kappa shape index (κ1) is 15.5. The van der Waals surface area contributed by atoms with Crippen LogP contribution < -0.4 is 0 Å². The predicted octanol–water partition coefficient (Wildman–Crippen LogP) is 2.74. The van der Waals surface area contributed by atoms with E-state index >= 15 is 0 Å². The Balaban J connectivity index is 2.61. The monoisotopic (exact) mass is 276 g/mol. The van der Waals surface area contributed by atoms with Crippen LogP contribution in [0, 0.1) is 0 Å². The van der Waals surface area contributed by atoms with Gasteiger partial charge in [0.25, 0.3) is 0 Å². The number of hydrogen-bond acceptors (Lipinski definition) is 3. The van der Waals surface area contributed by atoms with Crippen molar-refractivity contribution in [1.82, 2.24) is 0 Å². The van der Waals surface area contributed by atoms with Crippen molar-refractivity contribution in [2.75, 3.05) is 13.2 Å². The van der Waals surface area contributed by atoms with Crippen LogP contribution in [0.25, 0.3) is 0 Å². The lowest BCUT2D eigenvalue weighted by Gasteiger charge is -2.20. The lowest BCUT2D eigenvalue weighted by Crippen LogP contribution is -2.35. The van der Waals surface area contributed by atoms with Crippen LogP contribution in [0.4, 0.5) is 13.2 Å². The van der Waals surface area contributed by atoms with Crippen molar-refractivity contribution in [2.45, 2.75) is 25.6 Å². The number of hydrogen-bond donors (Lipinski definition) is 0. The molecule has 0 fully saturated rings. The molecule has 0 saturated heterocycles. The summed E-state index contributed by atoms with van der Waals surface area (Å²) in [4.78, 5) is 11.0. The molecular weight excluding hydrogens is 261 g/mol. The lowest BCUT2D eigenvalue weighted by molar-refractivity contribution is -0.221. The maximum atomic E-state index is 12.8. The molecule has 0 aromatic heterocycles. The molecule has 1 aromatic carbocycles. The molecule has 1 unspecified atom stereocenters. The lowest BCUT2D eigenvalue weighted by atomic mass is 10.1. The van der Waals surface area contributed by atoms with Crippen LogP contribution in [0.2, 0.25) is 0 Å². The molecule has 6 heteroatoms. The van der Waals surface area contributed by atoms with E-state index in [4.69, 9.17) is 0 Å². The van der Waals surface area contributed by atoms with Gasteiger partial charge in [-0.1, -0.05) is 30.3 Å². The third-order valence-electron chi connectivity index (χ3n) is 2.34. The molecule has 0 saturated carbocycles. The summed E-state index contributed by atoms with van der Waals surface area (Å²) in [6, 6.07) is 8.16. The Bertz CT molecular complexity index is 390. The molecule has 19 heavy (non-hydrogen) atoms. The molecule has 0 radical (unpaired) electrons. The van der Waals surface area contributed by atoms with E-state index in [2.05, 4.69) is 9.47 Å². The van der Waals surface area contributed by atoms with Crippen molar-refractivity contribution < 1.29 is 27.4 Å². The van der Waals surface area contributed by atoms with Gasteiger partial charge in [-0.15, -0.1) is 0 Å². The van der Waals surface area contributed by atoms with Crippen LogP contribution in [0.1, 0.15) is 12.5 Å².